The Kier molecular flexibility index (Phi) is 3.57. The third kappa shape index (κ3) is 2.20. The Hall–Kier alpha value is -1.17. The van der Waals surface area contributed by atoms with Crippen LogP contribution in [0.3, 0.4) is 0 Å². The summed E-state index contributed by atoms with van der Waals surface area (Å²) >= 11 is 0. The number of hydrogen-bond acceptors (Lipinski definition) is 5. The number of carbonyl (C=O) groups is 1. The lowest BCUT2D eigenvalue weighted by atomic mass is 9.59. The van der Waals surface area contributed by atoms with Crippen molar-refractivity contribution in [3.8, 4) is 0 Å². The lowest BCUT2D eigenvalue weighted by Crippen LogP contribution is -2.60. The third-order valence-corrected chi connectivity index (χ3v) is 4.68. The smallest absolute Gasteiger partial charge is 0.119 e. The maximum absolute atomic E-state index is 11.1. The van der Waals surface area contributed by atoms with Gasteiger partial charge in [0.15, 0.2) is 0 Å². The lowest BCUT2D eigenvalue weighted by molar-refractivity contribution is -0.297. The molecule has 0 radical (unpaired) electrons. The number of carboxylic acids is 1. The first-order chi connectivity index (χ1) is 9.12. The maximum Gasteiger partial charge on any atom is 0.119 e. The quantitative estimate of drug-likeness (QED) is 0.558. The van der Waals surface area contributed by atoms with Crippen LogP contribution >= 0.6 is 0 Å². The van der Waals surface area contributed by atoms with E-state index in [1.165, 1.54) is 0 Å². The van der Waals surface area contributed by atoms with Crippen LogP contribution in [-0.4, -0.2) is 40.1 Å². The van der Waals surface area contributed by atoms with E-state index in [9.17, 15) is 20.1 Å². The molecule has 2 rings (SSSR count). The molecule has 20 heavy (non-hydrogen) atoms. The molecule has 0 spiro atoms. The molecule has 5 nitrogen and oxygen atoms in total. The zero-order chi connectivity index (χ0) is 15.2. The Morgan fingerprint density at radius 1 is 1.40 bits per heavy atom. The van der Waals surface area contributed by atoms with Gasteiger partial charge in [-0.3, -0.25) is 0 Å². The highest BCUT2D eigenvalue weighted by Crippen LogP contribution is 2.57. The van der Waals surface area contributed by atoms with E-state index in [-0.39, 0.29) is 0 Å². The number of aliphatic hydroxyl groups excluding tert-OH is 1. The Labute approximate surface area is 118 Å². The van der Waals surface area contributed by atoms with Crippen molar-refractivity contribution in [2.24, 2.45) is 5.41 Å². The summed E-state index contributed by atoms with van der Waals surface area (Å²) in [5, 5.41) is 31.5. The van der Waals surface area contributed by atoms with Gasteiger partial charge in [-0.1, -0.05) is 13.0 Å². The van der Waals surface area contributed by atoms with Crippen LogP contribution in [0.4, 0.5) is 0 Å². The Balaban J connectivity index is 2.34. The van der Waals surface area contributed by atoms with E-state index in [0.29, 0.717) is 25.0 Å². The highest BCUT2D eigenvalue weighted by molar-refractivity contribution is 5.79. The lowest BCUT2D eigenvalue weighted by Gasteiger charge is -2.49. The summed E-state index contributed by atoms with van der Waals surface area (Å²) in [6, 6.07) is 0. The molecule has 0 unspecified atom stereocenters. The van der Waals surface area contributed by atoms with Crippen molar-refractivity contribution >= 4 is 5.97 Å². The van der Waals surface area contributed by atoms with Crippen molar-refractivity contribution in [3.05, 3.63) is 23.8 Å². The standard InChI is InChI=1S/C15H22O5/c1-10(6-12(17)18)4-5-15(19)13(2)7-11(16)8-14(15,3)20-9-13/h4-6,11,16,19H,7-9H2,1-3H3,(H,17,18)/p-1/b5-4+,10-6-/t11-,13-,14+,15-/m0/s1. The molecular formula is C15H21O5-. The maximum atomic E-state index is 11.1. The molecule has 1 heterocycles. The van der Waals surface area contributed by atoms with Crippen LogP contribution in [-0.2, 0) is 9.53 Å². The highest BCUT2D eigenvalue weighted by atomic mass is 16.5. The zero-order valence-corrected chi connectivity index (χ0v) is 12.0. The van der Waals surface area contributed by atoms with Crippen LogP contribution in [0.2, 0.25) is 0 Å². The monoisotopic (exact) mass is 281 g/mol. The summed E-state index contributed by atoms with van der Waals surface area (Å²) < 4.78 is 5.76. The van der Waals surface area contributed by atoms with Gasteiger partial charge < -0.3 is 24.9 Å². The summed E-state index contributed by atoms with van der Waals surface area (Å²) in [5.41, 5.74) is -2.20. The van der Waals surface area contributed by atoms with Crippen LogP contribution < -0.4 is 5.11 Å². The number of rotatable bonds is 3. The molecule has 1 saturated heterocycles. The van der Waals surface area contributed by atoms with Crippen LogP contribution in [0.5, 0.6) is 0 Å². The molecule has 112 valence electrons. The average Bonchev–Trinajstić information content (AvgIpc) is 2.43. The number of hydrogen-bond donors (Lipinski definition) is 2. The molecule has 1 aliphatic heterocycles. The van der Waals surface area contributed by atoms with Crippen molar-refractivity contribution < 1.29 is 24.9 Å². The van der Waals surface area contributed by atoms with Gasteiger partial charge in [0.2, 0.25) is 0 Å². The number of allylic oxidation sites excluding steroid dienone is 2. The van der Waals surface area contributed by atoms with Crippen LogP contribution in [0, 0.1) is 5.41 Å². The number of carbonyl (C=O) groups excluding carboxylic acids is 1. The second kappa shape index (κ2) is 4.69. The molecule has 0 aromatic carbocycles. The molecule has 4 atom stereocenters. The normalized spacial score (nSPS) is 45.0. The number of fused-ring (bicyclic) bond motifs is 2. The molecular weight excluding hydrogens is 260 g/mol. The molecule has 0 aromatic rings. The topological polar surface area (TPSA) is 89.8 Å². The molecule has 2 N–H and O–H groups in total. The second-order valence-electron chi connectivity index (χ2n) is 6.45. The van der Waals surface area contributed by atoms with Gasteiger partial charge in [-0.15, -0.1) is 0 Å². The second-order valence-corrected chi connectivity index (χ2v) is 6.45. The van der Waals surface area contributed by atoms with E-state index in [2.05, 4.69) is 0 Å². The molecule has 0 aromatic heterocycles. The van der Waals surface area contributed by atoms with Gasteiger partial charge in [0.1, 0.15) is 11.2 Å². The van der Waals surface area contributed by atoms with Crippen molar-refractivity contribution in [3.63, 3.8) is 0 Å². The Morgan fingerprint density at radius 2 is 2.05 bits per heavy atom. The minimum Gasteiger partial charge on any atom is -0.545 e. The third-order valence-electron chi connectivity index (χ3n) is 4.68. The van der Waals surface area contributed by atoms with E-state index in [0.717, 1.165) is 6.08 Å². The van der Waals surface area contributed by atoms with Crippen LogP contribution in [0.25, 0.3) is 0 Å². The summed E-state index contributed by atoms with van der Waals surface area (Å²) in [5.74, 6) is -1.27. The van der Waals surface area contributed by atoms with Gasteiger partial charge in [-0.2, -0.15) is 0 Å². The molecule has 5 heteroatoms. The van der Waals surface area contributed by atoms with E-state index in [1.807, 2.05) is 6.92 Å². The largest absolute Gasteiger partial charge is 0.545 e. The molecule has 0 amide bonds. The summed E-state index contributed by atoms with van der Waals surface area (Å²) in [6.45, 7) is 5.65. The van der Waals surface area contributed by atoms with Gasteiger partial charge in [0.05, 0.1) is 18.7 Å². The van der Waals surface area contributed by atoms with E-state index >= 15 is 0 Å². The van der Waals surface area contributed by atoms with Gasteiger partial charge in [0, 0.05) is 11.8 Å². The Morgan fingerprint density at radius 3 is 2.60 bits per heavy atom. The van der Waals surface area contributed by atoms with E-state index < -0.39 is 28.7 Å². The average molecular weight is 281 g/mol. The van der Waals surface area contributed by atoms with Crippen molar-refractivity contribution in [2.75, 3.05) is 6.61 Å². The van der Waals surface area contributed by atoms with Gasteiger partial charge in [-0.05, 0) is 38.0 Å². The summed E-state index contributed by atoms with van der Waals surface area (Å²) in [4.78, 5) is 10.5. The first-order valence-corrected chi connectivity index (χ1v) is 6.75. The van der Waals surface area contributed by atoms with E-state index in [4.69, 9.17) is 4.74 Å². The fraction of sp³-hybridized carbons (Fsp3) is 0.667. The van der Waals surface area contributed by atoms with E-state index in [1.54, 1.807) is 26.0 Å². The number of carboxylic acid groups (broad SMARTS) is 1. The first-order valence-electron chi connectivity index (χ1n) is 6.75. The summed E-state index contributed by atoms with van der Waals surface area (Å²) in [6.07, 6.45) is 4.45. The Bertz CT molecular complexity index is 461. The highest BCUT2D eigenvalue weighted by Gasteiger charge is 2.67. The number of ether oxygens (including phenoxy) is 1. The summed E-state index contributed by atoms with van der Waals surface area (Å²) in [7, 11) is 0. The van der Waals surface area contributed by atoms with Gasteiger partial charge in [0.25, 0.3) is 0 Å². The number of aliphatic hydroxyl groups is 2. The molecule has 1 aliphatic carbocycles. The predicted molar refractivity (Wildman–Crippen MR) is 70.6 cm³/mol. The van der Waals surface area contributed by atoms with Crippen LogP contribution in [0.15, 0.2) is 23.8 Å². The van der Waals surface area contributed by atoms with Crippen molar-refractivity contribution in [2.45, 2.75) is 50.9 Å². The molecule has 1 saturated carbocycles. The minimum absolute atomic E-state index is 0.354. The van der Waals surface area contributed by atoms with Crippen molar-refractivity contribution in [1.82, 2.24) is 0 Å². The van der Waals surface area contributed by atoms with Gasteiger partial charge in [-0.25, -0.2) is 0 Å². The SMILES string of the molecule is CC(=C/C(=O)[O-])/C=C/[C@]1(O)[C@]2(C)CO[C@]1(C)C[C@@H](O)C2. The zero-order valence-electron chi connectivity index (χ0n) is 12.0. The first kappa shape index (κ1) is 15.2. The fourth-order valence-electron chi connectivity index (χ4n) is 3.51. The van der Waals surface area contributed by atoms with Gasteiger partial charge >= 0.3 is 0 Å². The molecule has 2 aliphatic rings. The van der Waals surface area contributed by atoms with Crippen LogP contribution in [0.1, 0.15) is 33.6 Å². The van der Waals surface area contributed by atoms with Crippen molar-refractivity contribution in [1.29, 1.82) is 0 Å². The fourth-order valence-corrected chi connectivity index (χ4v) is 3.51. The predicted octanol–water partition coefficient (Wildman–Crippen LogP) is -0.0802. The molecule has 2 bridgehead atoms. The minimum atomic E-state index is -1.27. The molecule has 2 fully saturated rings. The number of aliphatic carboxylic acids is 1.